The second kappa shape index (κ2) is 9.39. The molecule has 11 heteroatoms. The van der Waals surface area contributed by atoms with Gasteiger partial charge in [0.25, 0.3) is 11.8 Å². The summed E-state index contributed by atoms with van der Waals surface area (Å²) in [6, 6.07) is 10.7. The highest BCUT2D eigenvalue weighted by atomic mass is 35.5. The molecule has 0 aromatic heterocycles. The third-order valence-corrected chi connectivity index (χ3v) is 5.83. The lowest BCUT2D eigenvalue weighted by atomic mass is 9.49. The van der Waals surface area contributed by atoms with Crippen LogP contribution in [0, 0.1) is 0 Å². The van der Waals surface area contributed by atoms with Crippen LogP contribution >= 0.6 is 11.6 Å². The van der Waals surface area contributed by atoms with Gasteiger partial charge in [0.2, 0.25) is 0 Å². The van der Waals surface area contributed by atoms with Crippen molar-refractivity contribution in [3.8, 4) is 5.75 Å². The van der Waals surface area contributed by atoms with Crippen LogP contribution < -0.4 is 15.4 Å². The van der Waals surface area contributed by atoms with Gasteiger partial charge in [-0.25, -0.2) is 4.90 Å². The molecule has 32 heavy (non-hydrogen) atoms. The summed E-state index contributed by atoms with van der Waals surface area (Å²) in [4.78, 5) is 14.5. The molecular weight excluding hydrogens is 426 g/mol. The number of anilines is 1. The van der Waals surface area contributed by atoms with Crippen molar-refractivity contribution in [2.24, 2.45) is 0 Å². The molecule has 1 saturated heterocycles. The van der Waals surface area contributed by atoms with Crippen LogP contribution in [0.5, 0.6) is 5.75 Å². The van der Waals surface area contributed by atoms with Crippen molar-refractivity contribution in [2.45, 2.75) is 36.6 Å². The summed E-state index contributed by atoms with van der Waals surface area (Å²) in [6.45, 7) is 2.20. The average Bonchev–Trinajstić information content (AvgIpc) is 3.09. The first-order valence-corrected chi connectivity index (χ1v) is 10.4. The molecule has 1 amide bonds. The van der Waals surface area contributed by atoms with Gasteiger partial charge < -0.3 is 25.6 Å². The van der Waals surface area contributed by atoms with E-state index in [1.165, 1.54) is 24.1 Å². The summed E-state index contributed by atoms with van der Waals surface area (Å²) >= 11 is 6.27. The number of likely N-dealkylation sites (tertiary alicyclic amines) is 1. The Kier molecular flexibility index (Phi) is 7.20. The Morgan fingerprint density at radius 2 is 1.88 bits per heavy atom. The Morgan fingerprint density at radius 3 is 2.47 bits per heavy atom. The minimum Gasteiger partial charge on any atom is -0.496 e. The SMILES string of the molecule is [B]C([B])([B])Nc1cc(OC)c(C(=O)N[C@@H]2CCN(C(O)(O)c3ccccc3)C2C)cc1Cl. The van der Waals surface area contributed by atoms with Crippen LogP contribution in [-0.2, 0) is 5.91 Å². The zero-order valence-corrected chi connectivity index (χ0v) is 18.6. The molecule has 1 fully saturated rings. The van der Waals surface area contributed by atoms with E-state index in [-0.39, 0.29) is 28.4 Å². The molecule has 2 atom stereocenters. The Hall–Kier alpha value is -2.13. The van der Waals surface area contributed by atoms with Crippen molar-refractivity contribution in [1.82, 2.24) is 10.2 Å². The fraction of sp³-hybridized carbons (Fsp3) is 0.381. The number of amides is 1. The van der Waals surface area contributed by atoms with Crippen molar-refractivity contribution in [1.29, 1.82) is 0 Å². The molecular formula is C21H23B3ClN3O4. The number of ether oxygens (including phenoxy) is 1. The molecule has 162 valence electrons. The van der Waals surface area contributed by atoms with Crippen LogP contribution in [-0.4, -0.2) is 75.5 Å². The van der Waals surface area contributed by atoms with E-state index in [1.54, 1.807) is 30.3 Å². The largest absolute Gasteiger partial charge is 0.496 e. The van der Waals surface area contributed by atoms with E-state index in [0.717, 1.165) is 0 Å². The molecule has 0 aliphatic carbocycles. The van der Waals surface area contributed by atoms with E-state index in [0.29, 0.717) is 24.2 Å². The summed E-state index contributed by atoms with van der Waals surface area (Å²) in [5.41, 5.74) is 0.861. The van der Waals surface area contributed by atoms with Gasteiger partial charge in [-0.3, -0.25) is 4.79 Å². The molecule has 0 bridgehead atoms. The monoisotopic (exact) mass is 449 g/mol. The van der Waals surface area contributed by atoms with Gasteiger partial charge in [-0.05, 0) is 19.4 Å². The number of nitrogens with zero attached hydrogens (tertiary/aromatic N) is 1. The molecule has 4 N–H and O–H groups in total. The van der Waals surface area contributed by atoms with Gasteiger partial charge in [0.1, 0.15) is 5.75 Å². The second-order valence-electron chi connectivity index (χ2n) is 7.89. The minimum atomic E-state index is -2.16. The smallest absolute Gasteiger partial charge is 0.255 e. The van der Waals surface area contributed by atoms with Crippen LogP contribution in [0.2, 0.25) is 5.02 Å². The Bertz CT molecular complexity index is 973. The Balaban J connectivity index is 1.77. The predicted octanol–water partition coefficient (Wildman–Crippen LogP) is 0.865. The number of aliphatic hydroxyl groups is 2. The number of rotatable bonds is 7. The van der Waals surface area contributed by atoms with Crippen molar-refractivity contribution in [3.63, 3.8) is 0 Å². The summed E-state index contributed by atoms with van der Waals surface area (Å²) < 4.78 is 5.33. The van der Waals surface area contributed by atoms with Gasteiger partial charge in [-0.2, -0.15) is 0 Å². The van der Waals surface area contributed by atoms with Crippen LogP contribution in [0.3, 0.4) is 0 Å². The molecule has 6 radical (unpaired) electrons. The fourth-order valence-corrected chi connectivity index (χ4v) is 4.09. The lowest BCUT2D eigenvalue weighted by Crippen LogP contribution is -2.52. The molecule has 2 aromatic carbocycles. The Labute approximate surface area is 196 Å². The van der Waals surface area contributed by atoms with Crippen molar-refractivity contribution < 1.29 is 19.7 Å². The van der Waals surface area contributed by atoms with Gasteiger partial charge >= 0.3 is 0 Å². The van der Waals surface area contributed by atoms with E-state index in [4.69, 9.17) is 39.9 Å². The van der Waals surface area contributed by atoms with Gasteiger partial charge in [-0.15, -0.1) is 0 Å². The summed E-state index contributed by atoms with van der Waals surface area (Å²) in [6.07, 6.45) is 0.522. The number of nitrogens with one attached hydrogen (secondary N) is 2. The molecule has 1 unspecified atom stereocenters. The Morgan fingerprint density at radius 1 is 1.22 bits per heavy atom. The highest BCUT2D eigenvalue weighted by Gasteiger charge is 2.44. The van der Waals surface area contributed by atoms with Gasteiger partial charge in [-0.1, -0.05) is 47.2 Å². The van der Waals surface area contributed by atoms with E-state index in [2.05, 4.69) is 10.6 Å². The molecule has 1 heterocycles. The van der Waals surface area contributed by atoms with E-state index >= 15 is 0 Å². The standard InChI is InChI=1S/C21H23B3ClN3O4/c1-12-16(8-9-28(12)20(30,31)13-6-4-3-5-7-13)26-19(29)14-10-15(25)17(11-18(14)32-2)27-21(22,23)24/h3-7,10-12,16,27,30-31H,8-9H2,1-2H3,(H,26,29)/t12?,16-/m1/s1. The number of hydrogen-bond donors (Lipinski definition) is 4. The maximum Gasteiger partial charge on any atom is 0.255 e. The predicted molar refractivity (Wildman–Crippen MR) is 126 cm³/mol. The van der Waals surface area contributed by atoms with E-state index < -0.39 is 17.1 Å². The molecule has 0 saturated carbocycles. The minimum absolute atomic E-state index is 0.177. The van der Waals surface area contributed by atoms with Crippen LogP contribution in [0.1, 0.15) is 29.3 Å². The number of benzene rings is 2. The fourth-order valence-electron chi connectivity index (χ4n) is 3.88. The topological polar surface area (TPSA) is 94.1 Å². The van der Waals surface area contributed by atoms with Crippen LogP contribution in [0.4, 0.5) is 5.69 Å². The quantitative estimate of drug-likeness (QED) is 0.370. The number of carbonyl (C=O) groups excluding carboxylic acids is 1. The first-order chi connectivity index (χ1) is 14.9. The average molecular weight is 449 g/mol. The van der Waals surface area contributed by atoms with E-state index in [1.807, 2.05) is 6.92 Å². The molecule has 1 aliphatic heterocycles. The van der Waals surface area contributed by atoms with Crippen molar-refractivity contribution in [3.05, 3.63) is 58.6 Å². The van der Waals surface area contributed by atoms with Crippen LogP contribution in [0.25, 0.3) is 0 Å². The normalized spacial score (nSPS) is 19.5. The van der Waals surface area contributed by atoms with Gasteiger partial charge in [0.15, 0.2) is 0 Å². The lowest BCUT2D eigenvalue weighted by molar-refractivity contribution is -0.278. The molecule has 3 rings (SSSR count). The maximum atomic E-state index is 13.0. The highest BCUT2D eigenvalue weighted by molar-refractivity contribution is 6.60. The third kappa shape index (κ3) is 5.26. The molecule has 7 nitrogen and oxygen atoms in total. The molecule has 0 spiro atoms. The first kappa shape index (κ1) is 24.5. The number of halogens is 1. The van der Waals surface area contributed by atoms with Crippen molar-refractivity contribution in [2.75, 3.05) is 19.0 Å². The summed E-state index contributed by atoms with van der Waals surface area (Å²) in [5.74, 6) is -2.34. The maximum absolute atomic E-state index is 13.0. The van der Waals surface area contributed by atoms with Gasteiger partial charge in [0.05, 0.1) is 46.9 Å². The van der Waals surface area contributed by atoms with E-state index in [9.17, 15) is 15.0 Å². The number of methoxy groups -OCH3 is 1. The zero-order chi connectivity index (χ0) is 23.7. The van der Waals surface area contributed by atoms with Gasteiger partial charge in [0, 0.05) is 30.3 Å². The van der Waals surface area contributed by atoms with Crippen molar-refractivity contribution >= 4 is 46.7 Å². The van der Waals surface area contributed by atoms with Crippen LogP contribution in [0.15, 0.2) is 42.5 Å². The lowest BCUT2D eigenvalue weighted by Gasteiger charge is -2.36. The zero-order valence-electron chi connectivity index (χ0n) is 17.9. The molecule has 1 aliphatic rings. The number of hydrogen-bond acceptors (Lipinski definition) is 6. The highest BCUT2D eigenvalue weighted by Crippen LogP contribution is 2.34. The first-order valence-electron chi connectivity index (χ1n) is 10.0. The second-order valence-corrected chi connectivity index (χ2v) is 8.30. The third-order valence-electron chi connectivity index (χ3n) is 5.52. The summed E-state index contributed by atoms with van der Waals surface area (Å²) in [5, 5.41) is 25.6. The summed E-state index contributed by atoms with van der Waals surface area (Å²) in [7, 11) is 18.1. The molecule has 2 aromatic rings. The number of carbonyl (C=O) groups is 1.